The molecule has 0 amide bonds. The Kier molecular flexibility index (Phi) is 11.1. The molecule has 2 fully saturated rings. The largest absolute Gasteiger partial charge is 0.356 e. The molecule has 1 unspecified atom stereocenters. The highest BCUT2D eigenvalue weighted by molar-refractivity contribution is 14.0. The summed E-state index contributed by atoms with van der Waals surface area (Å²) < 4.78 is 0. The highest BCUT2D eigenvalue weighted by atomic mass is 127. The first-order valence-corrected chi connectivity index (χ1v) is 11.6. The molecule has 28 heavy (non-hydrogen) atoms. The highest BCUT2D eigenvalue weighted by Gasteiger charge is 2.24. The zero-order valence-electron chi connectivity index (χ0n) is 17.5. The van der Waals surface area contributed by atoms with Crippen LogP contribution in [0.3, 0.4) is 0 Å². The topological polar surface area (TPSA) is 42.9 Å². The van der Waals surface area contributed by atoms with Crippen molar-refractivity contribution in [1.82, 2.24) is 20.4 Å². The number of piperidine rings is 1. The van der Waals surface area contributed by atoms with Gasteiger partial charge in [0.25, 0.3) is 0 Å². The molecule has 0 spiro atoms. The van der Waals surface area contributed by atoms with Crippen molar-refractivity contribution in [1.29, 1.82) is 0 Å². The fraction of sp³-hybridized carbons (Fsp3) is 0.762. The van der Waals surface area contributed by atoms with Gasteiger partial charge in [0.15, 0.2) is 5.96 Å². The molecule has 7 heteroatoms. The second-order valence-electron chi connectivity index (χ2n) is 7.82. The van der Waals surface area contributed by atoms with Crippen molar-refractivity contribution < 1.29 is 0 Å². The van der Waals surface area contributed by atoms with Crippen LogP contribution in [0.25, 0.3) is 0 Å². The molecule has 3 heterocycles. The highest BCUT2D eigenvalue weighted by Crippen LogP contribution is 2.27. The Balaban J connectivity index is 0.00000280. The van der Waals surface area contributed by atoms with Gasteiger partial charge in [0.2, 0.25) is 0 Å². The summed E-state index contributed by atoms with van der Waals surface area (Å²) in [6, 6.07) is 4.90. The first kappa shape index (κ1) is 23.9. The van der Waals surface area contributed by atoms with Gasteiger partial charge < -0.3 is 15.5 Å². The van der Waals surface area contributed by atoms with E-state index in [4.69, 9.17) is 0 Å². The zero-order chi connectivity index (χ0) is 18.9. The van der Waals surface area contributed by atoms with E-state index < -0.39 is 0 Å². The van der Waals surface area contributed by atoms with Crippen LogP contribution in [-0.2, 0) is 0 Å². The lowest BCUT2D eigenvalue weighted by Gasteiger charge is -2.31. The summed E-state index contributed by atoms with van der Waals surface area (Å²) in [6.07, 6.45) is 6.59. The Labute approximate surface area is 192 Å². The van der Waals surface area contributed by atoms with Crippen LogP contribution in [0.5, 0.6) is 0 Å². The Morgan fingerprint density at radius 2 is 1.96 bits per heavy atom. The van der Waals surface area contributed by atoms with Crippen LogP contribution in [0.15, 0.2) is 22.5 Å². The van der Waals surface area contributed by atoms with Crippen molar-refractivity contribution in [2.45, 2.75) is 45.1 Å². The van der Waals surface area contributed by atoms with E-state index in [0.29, 0.717) is 6.04 Å². The van der Waals surface area contributed by atoms with E-state index in [1.165, 1.54) is 69.7 Å². The van der Waals surface area contributed by atoms with Crippen LogP contribution in [0.1, 0.15) is 49.9 Å². The third-order valence-corrected chi connectivity index (χ3v) is 7.11. The van der Waals surface area contributed by atoms with E-state index in [0.717, 1.165) is 25.0 Å². The molecule has 0 bridgehead atoms. The van der Waals surface area contributed by atoms with Crippen LogP contribution in [0.4, 0.5) is 0 Å². The summed E-state index contributed by atoms with van der Waals surface area (Å²) in [6.45, 7) is 10.4. The Morgan fingerprint density at radius 1 is 1.21 bits per heavy atom. The van der Waals surface area contributed by atoms with Gasteiger partial charge >= 0.3 is 0 Å². The lowest BCUT2D eigenvalue weighted by molar-refractivity contribution is 0.187. The van der Waals surface area contributed by atoms with Crippen molar-refractivity contribution >= 4 is 41.3 Å². The second-order valence-corrected chi connectivity index (χ2v) is 8.80. The minimum absolute atomic E-state index is 0. The van der Waals surface area contributed by atoms with Crippen LogP contribution < -0.4 is 10.6 Å². The number of likely N-dealkylation sites (tertiary alicyclic amines) is 2. The number of nitrogens with zero attached hydrogens (tertiary/aromatic N) is 3. The van der Waals surface area contributed by atoms with Crippen LogP contribution >= 0.6 is 35.3 Å². The molecule has 0 aromatic carbocycles. The Morgan fingerprint density at radius 3 is 2.57 bits per heavy atom. The maximum absolute atomic E-state index is 4.45. The van der Waals surface area contributed by atoms with E-state index in [1.54, 1.807) is 0 Å². The van der Waals surface area contributed by atoms with E-state index in [9.17, 15) is 0 Å². The maximum atomic E-state index is 4.45. The lowest BCUT2D eigenvalue weighted by Crippen LogP contribution is -2.43. The SMILES string of the molecule is CCN1CCC(CCNC(=NC)NCC(c2cccs2)N2CCCC2)CC1.I. The van der Waals surface area contributed by atoms with Crippen LogP contribution in [0, 0.1) is 5.92 Å². The monoisotopic (exact) mass is 519 g/mol. The fourth-order valence-corrected chi connectivity index (χ4v) is 5.20. The van der Waals surface area contributed by atoms with Crippen molar-refractivity contribution in [3.8, 4) is 0 Å². The number of thiophene rings is 1. The first-order valence-electron chi connectivity index (χ1n) is 10.7. The van der Waals surface area contributed by atoms with Crippen LogP contribution in [-0.4, -0.2) is 68.6 Å². The molecule has 1 aromatic heterocycles. The van der Waals surface area contributed by atoms with Gasteiger partial charge in [-0.25, -0.2) is 0 Å². The van der Waals surface area contributed by atoms with Crippen molar-refractivity contribution in [3.63, 3.8) is 0 Å². The van der Waals surface area contributed by atoms with E-state index >= 15 is 0 Å². The molecule has 1 atom stereocenters. The maximum Gasteiger partial charge on any atom is 0.191 e. The van der Waals surface area contributed by atoms with Gasteiger partial charge in [-0.3, -0.25) is 9.89 Å². The summed E-state index contributed by atoms with van der Waals surface area (Å²) >= 11 is 1.87. The molecule has 1 aromatic rings. The Hall–Kier alpha value is -0.380. The standard InChI is InChI=1S/C21H37N5S.HI/c1-3-25-14-9-18(10-15-25)8-11-23-21(22-2)24-17-19(20-7-6-16-27-20)26-12-4-5-13-26;/h6-7,16,18-19H,3-5,8-15,17H2,1-2H3,(H2,22,23,24);1H. The smallest absolute Gasteiger partial charge is 0.191 e. The molecule has 0 aliphatic carbocycles. The van der Waals surface area contributed by atoms with Gasteiger partial charge in [-0.1, -0.05) is 13.0 Å². The number of hydrogen-bond acceptors (Lipinski definition) is 4. The van der Waals surface area contributed by atoms with Gasteiger partial charge in [0, 0.05) is 25.0 Å². The van der Waals surface area contributed by atoms with Crippen molar-refractivity contribution in [2.75, 3.05) is 52.9 Å². The summed E-state index contributed by atoms with van der Waals surface area (Å²) in [5, 5.41) is 9.32. The van der Waals surface area contributed by atoms with Crippen molar-refractivity contribution in [3.05, 3.63) is 22.4 Å². The zero-order valence-corrected chi connectivity index (χ0v) is 20.7. The van der Waals surface area contributed by atoms with Gasteiger partial charge in [0.05, 0.1) is 6.04 Å². The van der Waals surface area contributed by atoms with Gasteiger partial charge in [-0.05, 0) is 82.2 Å². The molecule has 2 saturated heterocycles. The number of guanidine groups is 1. The summed E-state index contributed by atoms with van der Waals surface area (Å²) in [4.78, 5) is 11.1. The molecular formula is C21H38IN5S. The number of hydrogen-bond donors (Lipinski definition) is 2. The third kappa shape index (κ3) is 7.15. The number of nitrogens with one attached hydrogen (secondary N) is 2. The molecule has 0 radical (unpaired) electrons. The molecule has 0 saturated carbocycles. The van der Waals surface area contributed by atoms with Gasteiger partial charge in [-0.15, -0.1) is 35.3 Å². The normalized spacial score (nSPS) is 20.7. The third-order valence-electron chi connectivity index (χ3n) is 6.14. The number of rotatable bonds is 8. The first-order chi connectivity index (χ1) is 13.3. The molecular weight excluding hydrogens is 481 g/mol. The predicted octanol–water partition coefficient (Wildman–Crippen LogP) is 3.79. The summed E-state index contributed by atoms with van der Waals surface area (Å²) in [5.74, 6) is 1.81. The Bertz CT molecular complexity index is 551. The molecule has 5 nitrogen and oxygen atoms in total. The quantitative estimate of drug-likeness (QED) is 0.312. The molecule has 3 rings (SSSR count). The molecule has 160 valence electrons. The minimum Gasteiger partial charge on any atom is -0.356 e. The van der Waals surface area contributed by atoms with E-state index in [2.05, 4.69) is 49.9 Å². The summed E-state index contributed by atoms with van der Waals surface area (Å²) in [5.41, 5.74) is 0. The van der Waals surface area contributed by atoms with E-state index in [-0.39, 0.29) is 24.0 Å². The molecule has 2 aliphatic heterocycles. The number of halogens is 1. The fourth-order valence-electron chi connectivity index (χ4n) is 4.34. The second kappa shape index (κ2) is 13.0. The van der Waals surface area contributed by atoms with Crippen LogP contribution in [0.2, 0.25) is 0 Å². The molecule has 2 N–H and O–H groups in total. The lowest BCUT2D eigenvalue weighted by atomic mass is 9.93. The van der Waals surface area contributed by atoms with Gasteiger partial charge in [0.1, 0.15) is 0 Å². The average molecular weight is 520 g/mol. The minimum atomic E-state index is 0. The van der Waals surface area contributed by atoms with E-state index in [1.807, 2.05) is 18.4 Å². The summed E-state index contributed by atoms with van der Waals surface area (Å²) in [7, 11) is 1.88. The molecule has 2 aliphatic rings. The van der Waals surface area contributed by atoms with Crippen molar-refractivity contribution in [2.24, 2.45) is 10.9 Å². The van der Waals surface area contributed by atoms with Gasteiger partial charge in [-0.2, -0.15) is 0 Å². The number of aliphatic imine (C=N–C) groups is 1. The predicted molar refractivity (Wildman–Crippen MR) is 132 cm³/mol. The average Bonchev–Trinajstić information content (AvgIpc) is 3.42.